The second-order valence-corrected chi connectivity index (χ2v) is 8.55. The van der Waals surface area contributed by atoms with Crippen LogP contribution in [-0.2, 0) is 11.8 Å². The van der Waals surface area contributed by atoms with Crippen molar-refractivity contribution in [1.82, 2.24) is 0 Å². The Hall–Kier alpha value is -2.27. The molecule has 0 aliphatic heterocycles. The molecule has 1 unspecified atom stereocenters. The minimum absolute atomic E-state index is 0.0840. The molecule has 1 N–H and O–H groups in total. The van der Waals surface area contributed by atoms with Gasteiger partial charge in [0.05, 0.1) is 6.07 Å². The molecule has 2 aliphatic rings. The third-order valence-corrected chi connectivity index (χ3v) is 7.33. The number of aryl methyl sites for hydroxylation is 1. The Bertz CT molecular complexity index is 809. The van der Waals surface area contributed by atoms with Gasteiger partial charge >= 0.3 is 0 Å². The molecule has 0 aromatic heterocycles. The quantitative estimate of drug-likeness (QED) is 0.711. The molecule has 4 atom stereocenters. The molecule has 2 fully saturated rings. The lowest BCUT2D eigenvalue weighted by Crippen LogP contribution is -2.49. The van der Waals surface area contributed by atoms with E-state index in [4.69, 9.17) is 0 Å². The van der Waals surface area contributed by atoms with Crippen LogP contribution in [0.4, 0.5) is 0 Å². The minimum atomic E-state index is 0.0840. The summed E-state index contributed by atoms with van der Waals surface area (Å²) >= 11 is 0. The highest BCUT2D eigenvalue weighted by Gasteiger charge is 2.51. The predicted octanol–water partition coefficient (Wildman–Crippen LogP) is 6.00. The van der Waals surface area contributed by atoms with Gasteiger partial charge in [0, 0.05) is 6.42 Å². The van der Waals surface area contributed by atoms with Crippen LogP contribution in [0.2, 0.25) is 0 Å². The van der Waals surface area contributed by atoms with E-state index in [1.54, 1.807) is 6.07 Å². The summed E-state index contributed by atoms with van der Waals surface area (Å²) in [5.74, 6) is 2.13. The van der Waals surface area contributed by atoms with Crippen LogP contribution >= 0.6 is 0 Å². The fourth-order valence-electron chi connectivity index (χ4n) is 6.10. The van der Waals surface area contributed by atoms with Crippen LogP contribution in [0.5, 0.6) is 5.75 Å². The molecule has 0 heterocycles. The van der Waals surface area contributed by atoms with Crippen LogP contribution in [0.1, 0.15) is 56.1 Å². The van der Waals surface area contributed by atoms with Gasteiger partial charge in [-0.15, -0.1) is 0 Å². The zero-order valence-electron chi connectivity index (χ0n) is 16.0. The van der Waals surface area contributed by atoms with E-state index in [1.165, 1.54) is 36.8 Å². The molecule has 2 nitrogen and oxygen atoms in total. The number of phenolic OH excluding ortho intramolecular Hbond substituents is 1. The van der Waals surface area contributed by atoms with Gasteiger partial charge in [-0.3, -0.25) is 0 Å². The Morgan fingerprint density at radius 2 is 1.89 bits per heavy atom. The summed E-state index contributed by atoms with van der Waals surface area (Å²) in [6, 6.07) is 21.2. The Labute approximate surface area is 162 Å². The molecule has 2 aromatic carbocycles. The number of aromatic hydroxyl groups is 1. The predicted molar refractivity (Wildman–Crippen MR) is 108 cm³/mol. The molecule has 2 saturated carbocycles. The molecule has 0 spiro atoms. The zero-order valence-corrected chi connectivity index (χ0v) is 16.0. The van der Waals surface area contributed by atoms with Gasteiger partial charge in [-0.05, 0) is 85.0 Å². The number of rotatable bonds is 5. The average molecular weight is 360 g/mol. The number of nitriles is 1. The lowest BCUT2D eigenvalue weighted by atomic mass is 9.49. The Kier molecular flexibility index (Phi) is 5.21. The number of hydrogen-bond acceptors (Lipinski definition) is 2. The fourth-order valence-corrected chi connectivity index (χ4v) is 6.10. The van der Waals surface area contributed by atoms with E-state index in [0.717, 1.165) is 19.3 Å². The van der Waals surface area contributed by atoms with Crippen molar-refractivity contribution in [3.63, 3.8) is 0 Å². The maximum absolute atomic E-state index is 10.1. The van der Waals surface area contributed by atoms with Crippen LogP contribution < -0.4 is 0 Å². The lowest BCUT2D eigenvalue weighted by molar-refractivity contribution is 0.0109. The SMILES string of the molecule is N#CC[C@@H]1[C@@H]2CCC[C@@]1(c1cccc(O)c1)CCC2CCc1ccccc1. The monoisotopic (exact) mass is 359 g/mol. The summed E-state index contributed by atoms with van der Waals surface area (Å²) in [4.78, 5) is 0. The first-order valence-corrected chi connectivity index (χ1v) is 10.4. The largest absolute Gasteiger partial charge is 0.508 e. The van der Waals surface area contributed by atoms with Gasteiger partial charge in [-0.2, -0.15) is 5.26 Å². The number of fused-ring (bicyclic) bond motifs is 2. The molecule has 4 rings (SSSR count). The smallest absolute Gasteiger partial charge is 0.115 e. The number of benzene rings is 2. The molecule has 0 saturated heterocycles. The van der Waals surface area contributed by atoms with Gasteiger partial charge in [0.15, 0.2) is 0 Å². The van der Waals surface area contributed by atoms with Gasteiger partial charge in [0.25, 0.3) is 0 Å². The standard InChI is InChI=1S/C25H29NO/c26-17-14-24-23-10-5-15-25(24,21-8-4-9-22(27)18-21)16-13-20(23)12-11-19-6-2-1-3-7-19/h1-4,6-9,18,20,23-24,27H,5,10-16H2/t20?,23-,24-,25+/m1/s1. The van der Waals surface area contributed by atoms with Gasteiger partial charge in [-0.25, -0.2) is 0 Å². The highest BCUT2D eigenvalue weighted by molar-refractivity contribution is 5.35. The summed E-state index contributed by atoms with van der Waals surface area (Å²) in [6.07, 6.45) is 9.06. The van der Waals surface area contributed by atoms with Crippen molar-refractivity contribution in [2.75, 3.05) is 0 Å². The van der Waals surface area contributed by atoms with Crippen LogP contribution in [-0.4, -0.2) is 5.11 Å². The first kappa shape index (κ1) is 18.1. The molecule has 27 heavy (non-hydrogen) atoms. The molecule has 2 aliphatic carbocycles. The van der Waals surface area contributed by atoms with Gasteiger partial charge in [-0.1, -0.05) is 48.9 Å². The van der Waals surface area contributed by atoms with E-state index in [9.17, 15) is 10.4 Å². The fraction of sp³-hybridized carbons (Fsp3) is 0.480. The maximum atomic E-state index is 10.1. The van der Waals surface area contributed by atoms with E-state index in [-0.39, 0.29) is 5.41 Å². The van der Waals surface area contributed by atoms with Crippen molar-refractivity contribution in [2.45, 2.75) is 56.8 Å². The molecule has 2 bridgehead atoms. The van der Waals surface area contributed by atoms with Crippen molar-refractivity contribution >= 4 is 0 Å². The molecule has 0 radical (unpaired) electrons. The average Bonchev–Trinajstić information content (AvgIpc) is 2.69. The van der Waals surface area contributed by atoms with E-state index in [1.807, 2.05) is 12.1 Å². The molecular weight excluding hydrogens is 330 g/mol. The normalized spacial score (nSPS) is 29.8. The Balaban J connectivity index is 1.58. The number of phenols is 1. The molecular formula is C25H29NO. The van der Waals surface area contributed by atoms with E-state index >= 15 is 0 Å². The summed E-state index contributed by atoms with van der Waals surface area (Å²) in [5.41, 5.74) is 2.77. The molecule has 140 valence electrons. The van der Waals surface area contributed by atoms with Crippen LogP contribution in [0, 0.1) is 29.1 Å². The second kappa shape index (κ2) is 7.77. The number of hydrogen-bond donors (Lipinski definition) is 1. The Morgan fingerprint density at radius 1 is 1.04 bits per heavy atom. The van der Waals surface area contributed by atoms with Crippen LogP contribution in [0.15, 0.2) is 54.6 Å². The van der Waals surface area contributed by atoms with Crippen molar-refractivity contribution in [1.29, 1.82) is 5.26 Å². The van der Waals surface area contributed by atoms with Crippen molar-refractivity contribution in [2.24, 2.45) is 17.8 Å². The Morgan fingerprint density at radius 3 is 2.67 bits per heavy atom. The maximum Gasteiger partial charge on any atom is 0.115 e. The van der Waals surface area contributed by atoms with Crippen molar-refractivity contribution in [3.8, 4) is 11.8 Å². The van der Waals surface area contributed by atoms with Crippen LogP contribution in [0.3, 0.4) is 0 Å². The topological polar surface area (TPSA) is 44.0 Å². The minimum Gasteiger partial charge on any atom is -0.508 e. The highest BCUT2D eigenvalue weighted by atomic mass is 16.3. The third kappa shape index (κ3) is 3.48. The first-order chi connectivity index (χ1) is 13.2. The van der Waals surface area contributed by atoms with Crippen molar-refractivity contribution in [3.05, 3.63) is 65.7 Å². The van der Waals surface area contributed by atoms with E-state index < -0.39 is 0 Å². The van der Waals surface area contributed by atoms with Gasteiger partial charge < -0.3 is 5.11 Å². The summed E-state index contributed by atoms with van der Waals surface area (Å²) in [6.45, 7) is 0. The molecule has 0 amide bonds. The van der Waals surface area contributed by atoms with Gasteiger partial charge in [0.1, 0.15) is 5.75 Å². The summed E-state index contributed by atoms with van der Waals surface area (Å²) in [5, 5.41) is 19.6. The third-order valence-electron chi connectivity index (χ3n) is 7.33. The molecule has 2 aromatic rings. The van der Waals surface area contributed by atoms with Crippen molar-refractivity contribution < 1.29 is 5.11 Å². The van der Waals surface area contributed by atoms with E-state index in [0.29, 0.717) is 29.9 Å². The van der Waals surface area contributed by atoms with Gasteiger partial charge in [0.2, 0.25) is 0 Å². The molecule has 2 heteroatoms. The lowest BCUT2D eigenvalue weighted by Gasteiger charge is -2.55. The first-order valence-electron chi connectivity index (χ1n) is 10.4. The summed E-state index contributed by atoms with van der Waals surface area (Å²) < 4.78 is 0. The second-order valence-electron chi connectivity index (χ2n) is 8.55. The zero-order chi connectivity index (χ0) is 18.7. The van der Waals surface area contributed by atoms with E-state index in [2.05, 4.69) is 42.5 Å². The van der Waals surface area contributed by atoms with Crippen LogP contribution in [0.25, 0.3) is 0 Å². The highest BCUT2D eigenvalue weighted by Crippen LogP contribution is 2.58. The summed E-state index contributed by atoms with van der Waals surface area (Å²) in [7, 11) is 0. The number of nitrogens with zero attached hydrogens (tertiary/aromatic N) is 1.